The lowest BCUT2D eigenvalue weighted by Gasteiger charge is -2.34. The van der Waals surface area contributed by atoms with E-state index in [-0.39, 0.29) is 11.8 Å². The van der Waals surface area contributed by atoms with Gasteiger partial charge >= 0.3 is 0 Å². The van der Waals surface area contributed by atoms with Crippen molar-refractivity contribution in [1.82, 2.24) is 9.80 Å². The molecule has 1 saturated heterocycles. The lowest BCUT2D eigenvalue weighted by atomic mass is 10.0. The number of ether oxygens (including phenoxy) is 1. The molecule has 0 N–H and O–H groups in total. The van der Waals surface area contributed by atoms with Crippen LogP contribution in [0.25, 0.3) is 5.57 Å². The van der Waals surface area contributed by atoms with Crippen molar-refractivity contribution in [2.45, 2.75) is 6.92 Å². The largest absolute Gasteiger partial charge is 0.497 e. The summed E-state index contributed by atoms with van der Waals surface area (Å²) in [6.07, 6.45) is 0. The quantitative estimate of drug-likeness (QED) is 0.750. The van der Waals surface area contributed by atoms with Crippen molar-refractivity contribution >= 4 is 23.1 Å². The fraction of sp³-hybridized carbons (Fsp3) is 0.304. The molecule has 2 aliphatic heterocycles. The molecule has 2 heterocycles. The number of hydrogen-bond acceptors (Lipinski definition) is 5. The summed E-state index contributed by atoms with van der Waals surface area (Å²) in [7, 11) is 3.67. The van der Waals surface area contributed by atoms with Gasteiger partial charge in [-0.15, -0.1) is 0 Å². The molecule has 6 nitrogen and oxygen atoms in total. The Kier molecular flexibility index (Phi) is 5.11. The summed E-state index contributed by atoms with van der Waals surface area (Å²) < 4.78 is 5.24. The highest BCUT2D eigenvalue weighted by Crippen LogP contribution is 2.35. The van der Waals surface area contributed by atoms with Crippen molar-refractivity contribution in [3.8, 4) is 5.75 Å². The second-order valence-electron chi connectivity index (χ2n) is 7.53. The van der Waals surface area contributed by atoms with Crippen LogP contribution in [0.1, 0.15) is 11.1 Å². The number of benzene rings is 2. The van der Waals surface area contributed by atoms with Crippen molar-refractivity contribution in [3.05, 3.63) is 65.4 Å². The van der Waals surface area contributed by atoms with Crippen molar-refractivity contribution in [1.29, 1.82) is 0 Å². The topological polar surface area (TPSA) is 53.1 Å². The van der Waals surface area contributed by atoms with Crippen molar-refractivity contribution in [3.63, 3.8) is 0 Å². The highest BCUT2D eigenvalue weighted by Gasteiger charge is 2.42. The maximum absolute atomic E-state index is 13.5. The first-order valence-corrected chi connectivity index (χ1v) is 9.77. The standard InChI is InChI=1S/C23H25N3O3/c1-16-5-4-6-18(15-16)26-22(27)20(17-7-9-19(29-3)10-8-17)21(23(26)28)25-13-11-24(2)12-14-25/h4-10,15H,11-14H2,1-3H3. The molecule has 0 saturated carbocycles. The van der Waals surface area contributed by atoms with Crippen molar-refractivity contribution in [2.24, 2.45) is 0 Å². The summed E-state index contributed by atoms with van der Waals surface area (Å²) in [4.78, 5) is 32.5. The first kappa shape index (κ1) is 19.2. The van der Waals surface area contributed by atoms with E-state index in [4.69, 9.17) is 4.74 Å². The molecule has 0 unspecified atom stereocenters. The van der Waals surface area contributed by atoms with Crippen LogP contribution >= 0.6 is 0 Å². The Balaban J connectivity index is 1.80. The fourth-order valence-electron chi connectivity index (χ4n) is 3.86. The zero-order valence-electron chi connectivity index (χ0n) is 17.0. The number of hydrogen-bond donors (Lipinski definition) is 0. The van der Waals surface area contributed by atoms with E-state index in [1.165, 1.54) is 4.90 Å². The number of anilines is 1. The number of amides is 2. The molecule has 0 aromatic heterocycles. The zero-order chi connectivity index (χ0) is 20.5. The van der Waals surface area contributed by atoms with Crippen LogP contribution in [-0.2, 0) is 9.59 Å². The first-order chi connectivity index (χ1) is 14.0. The number of nitrogens with zero attached hydrogens (tertiary/aromatic N) is 3. The minimum atomic E-state index is -0.278. The molecule has 0 atom stereocenters. The van der Waals surface area contributed by atoms with Crippen LogP contribution in [0.5, 0.6) is 5.75 Å². The normalized spacial score (nSPS) is 18.0. The third-order valence-electron chi connectivity index (χ3n) is 5.52. The van der Waals surface area contributed by atoms with E-state index in [9.17, 15) is 9.59 Å². The molecule has 29 heavy (non-hydrogen) atoms. The summed E-state index contributed by atoms with van der Waals surface area (Å²) in [5.74, 6) is 0.179. The number of rotatable bonds is 4. The Bertz CT molecular complexity index is 973. The lowest BCUT2D eigenvalue weighted by Crippen LogP contribution is -2.46. The molecule has 6 heteroatoms. The molecule has 0 aliphatic carbocycles. The average molecular weight is 391 g/mol. The number of imide groups is 1. The van der Waals surface area contributed by atoms with Gasteiger partial charge in [-0.25, -0.2) is 4.90 Å². The Morgan fingerprint density at radius 2 is 1.59 bits per heavy atom. The van der Waals surface area contributed by atoms with Crippen LogP contribution in [0.3, 0.4) is 0 Å². The second kappa shape index (κ2) is 7.72. The molecule has 0 spiro atoms. The SMILES string of the molecule is COc1ccc(C2=C(N3CCN(C)CC3)C(=O)N(c3cccc(C)c3)C2=O)cc1. The van der Waals surface area contributed by atoms with Crippen LogP contribution in [0, 0.1) is 6.92 Å². The number of carbonyl (C=O) groups is 2. The number of methoxy groups -OCH3 is 1. The summed E-state index contributed by atoms with van der Waals surface area (Å²) in [5, 5.41) is 0. The van der Waals surface area contributed by atoms with Crippen LogP contribution in [-0.4, -0.2) is 62.0 Å². The highest BCUT2D eigenvalue weighted by atomic mass is 16.5. The van der Waals surface area contributed by atoms with Gasteiger partial charge in [-0.1, -0.05) is 24.3 Å². The number of likely N-dealkylation sites (N-methyl/N-ethyl adjacent to an activating group) is 1. The van der Waals surface area contributed by atoms with E-state index in [0.29, 0.717) is 35.8 Å². The smallest absolute Gasteiger partial charge is 0.282 e. The number of carbonyl (C=O) groups excluding carboxylic acids is 2. The molecule has 2 aromatic carbocycles. The van der Waals surface area contributed by atoms with Crippen LogP contribution < -0.4 is 9.64 Å². The third-order valence-corrected chi connectivity index (χ3v) is 5.52. The highest BCUT2D eigenvalue weighted by molar-refractivity contribution is 6.45. The van der Waals surface area contributed by atoms with Crippen molar-refractivity contribution < 1.29 is 14.3 Å². The molecule has 0 radical (unpaired) electrons. The maximum atomic E-state index is 13.5. The fourth-order valence-corrected chi connectivity index (χ4v) is 3.86. The predicted octanol–water partition coefficient (Wildman–Crippen LogP) is 2.54. The van der Waals surface area contributed by atoms with Gasteiger partial charge < -0.3 is 14.5 Å². The van der Waals surface area contributed by atoms with E-state index < -0.39 is 0 Å². The van der Waals surface area contributed by atoms with Gasteiger partial charge in [0.15, 0.2) is 0 Å². The van der Waals surface area contributed by atoms with Gasteiger partial charge in [0, 0.05) is 26.2 Å². The molecular weight excluding hydrogens is 366 g/mol. The van der Waals surface area contributed by atoms with E-state index in [1.807, 2.05) is 49.4 Å². The second-order valence-corrected chi connectivity index (χ2v) is 7.53. The van der Waals surface area contributed by atoms with E-state index in [0.717, 1.165) is 24.2 Å². The maximum Gasteiger partial charge on any atom is 0.282 e. The zero-order valence-corrected chi connectivity index (χ0v) is 17.0. The number of aryl methyl sites for hydroxylation is 1. The average Bonchev–Trinajstić information content (AvgIpc) is 2.99. The third kappa shape index (κ3) is 3.51. The van der Waals surface area contributed by atoms with Gasteiger partial charge in [0.2, 0.25) is 0 Å². The van der Waals surface area contributed by atoms with Crippen LogP contribution in [0.2, 0.25) is 0 Å². The van der Waals surface area contributed by atoms with Crippen LogP contribution in [0.4, 0.5) is 5.69 Å². The van der Waals surface area contributed by atoms with E-state index in [2.05, 4.69) is 16.8 Å². The molecule has 0 bridgehead atoms. The molecule has 2 aliphatic rings. The van der Waals surface area contributed by atoms with Gasteiger partial charge in [-0.05, 0) is 49.4 Å². The summed E-state index contributed by atoms with van der Waals surface area (Å²) in [6.45, 7) is 5.09. The Labute approximate surface area is 171 Å². The Hall–Kier alpha value is -3.12. The van der Waals surface area contributed by atoms with Gasteiger partial charge in [0.1, 0.15) is 11.4 Å². The monoisotopic (exact) mass is 391 g/mol. The molecule has 4 rings (SSSR count). The van der Waals surface area contributed by atoms with Gasteiger partial charge in [0.25, 0.3) is 11.8 Å². The van der Waals surface area contributed by atoms with E-state index in [1.54, 1.807) is 13.2 Å². The minimum absolute atomic E-state index is 0.254. The van der Waals surface area contributed by atoms with Crippen molar-refractivity contribution in [2.75, 3.05) is 45.2 Å². The summed E-state index contributed by atoms with van der Waals surface area (Å²) in [5.41, 5.74) is 3.30. The Morgan fingerprint density at radius 1 is 0.897 bits per heavy atom. The molecule has 2 aromatic rings. The van der Waals surface area contributed by atoms with Gasteiger partial charge in [-0.2, -0.15) is 0 Å². The van der Waals surface area contributed by atoms with Gasteiger partial charge in [-0.3, -0.25) is 9.59 Å². The molecule has 150 valence electrons. The van der Waals surface area contributed by atoms with E-state index >= 15 is 0 Å². The Morgan fingerprint density at radius 3 is 2.21 bits per heavy atom. The lowest BCUT2D eigenvalue weighted by molar-refractivity contribution is -0.120. The predicted molar refractivity (Wildman–Crippen MR) is 113 cm³/mol. The molecule has 1 fully saturated rings. The molecular formula is C23H25N3O3. The summed E-state index contributed by atoms with van der Waals surface area (Å²) >= 11 is 0. The minimum Gasteiger partial charge on any atom is -0.497 e. The molecule has 2 amide bonds. The first-order valence-electron chi connectivity index (χ1n) is 9.77. The van der Waals surface area contributed by atoms with Crippen LogP contribution in [0.15, 0.2) is 54.2 Å². The number of piperazine rings is 1. The van der Waals surface area contributed by atoms with Gasteiger partial charge in [0.05, 0.1) is 18.4 Å². The summed E-state index contributed by atoms with van der Waals surface area (Å²) in [6, 6.07) is 14.8.